The van der Waals surface area contributed by atoms with Gasteiger partial charge in [-0.2, -0.15) is 8.42 Å². The number of nitrogens with one attached hydrogen (secondary N) is 1. The molecule has 4 rings (SSSR count). The van der Waals surface area contributed by atoms with E-state index in [9.17, 15) is 13.2 Å². The summed E-state index contributed by atoms with van der Waals surface area (Å²) in [6, 6.07) is 5.24. The van der Waals surface area contributed by atoms with Crippen LogP contribution in [0.25, 0.3) is 4.96 Å². The molecule has 0 bridgehead atoms. The number of benzene rings is 1. The number of carbonyl (C=O) groups excluding carboxylic acids is 1. The minimum atomic E-state index is -3.94. The molecule has 31 heavy (non-hydrogen) atoms. The third-order valence-corrected chi connectivity index (χ3v) is 7.00. The Labute approximate surface area is 188 Å². The minimum absolute atomic E-state index is 0.0766. The number of halogens is 1. The Morgan fingerprint density at radius 2 is 2.06 bits per heavy atom. The summed E-state index contributed by atoms with van der Waals surface area (Å²) >= 11 is 7.37. The number of thiazole rings is 1. The van der Waals surface area contributed by atoms with Crippen molar-refractivity contribution < 1.29 is 22.8 Å². The molecule has 1 aromatic carbocycles. The van der Waals surface area contributed by atoms with Gasteiger partial charge in [0.25, 0.3) is 10.0 Å². The van der Waals surface area contributed by atoms with Crippen LogP contribution in [0, 0.1) is 0 Å². The van der Waals surface area contributed by atoms with E-state index < -0.39 is 21.8 Å². The van der Waals surface area contributed by atoms with E-state index in [1.54, 1.807) is 50.5 Å². The van der Waals surface area contributed by atoms with Crippen molar-refractivity contribution in [3.05, 3.63) is 46.1 Å². The van der Waals surface area contributed by atoms with Gasteiger partial charge in [0.2, 0.25) is 0 Å². The largest absolute Gasteiger partial charge is 0.528 e. The van der Waals surface area contributed by atoms with E-state index in [4.69, 9.17) is 21.2 Å². The Hall–Kier alpha value is -2.34. The molecule has 0 radical (unpaired) electrons. The number of hydrogen-bond donors (Lipinski definition) is 1. The summed E-state index contributed by atoms with van der Waals surface area (Å²) in [6.07, 6.45) is 1.44. The molecule has 0 amide bonds. The highest BCUT2D eigenvalue weighted by molar-refractivity contribution is 7.92. The molecule has 1 N–H and O–H groups in total. The minimum Gasteiger partial charge on any atom is -0.427 e. The van der Waals surface area contributed by atoms with Crippen molar-refractivity contribution in [2.24, 2.45) is 0 Å². The van der Waals surface area contributed by atoms with E-state index in [0.717, 1.165) is 11.1 Å². The normalized spacial score (nSPS) is 15.0. The fourth-order valence-electron chi connectivity index (χ4n) is 3.23. The molecule has 0 unspecified atom stereocenters. The molecule has 0 saturated carbocycles. The first kappa shape index (κ1) is 21.9. The third-order valence-electron chi connectivity index (χ3n) is 4.46. The van der Waals surface area contributed by atoms with Gasteiger partial charge in [0.05, 0.1) is 6.54 Å². The predicted molar refractivity (Wildman–Crippen MR) is 117 cm³/mol. The second kappa shape index (κ2) is 7.97. The van der Waals surface area contributed by atoms with Crippen molar-refractivity contribution in [1.82, 2.24) is 14.4 Å². The molecule has 166 valence electrons. The molecule has 3 heterocycles. The zero-order valence-electron chi connectivity index (χ0n) is 17.1. The average molecular weight is 485 g/mol. The van der Waals surface area contributed by atoms with Gasteiger partial charge in [-0.25, -0.2) is 9.78 Å². The van der Waals surface area contributed by atoms with Crippen LogP contribution in [0.3, 0.4) is 0 Å². The highest BCUT2D eigenvalue weighted by Crippen LogP contribution is 2.29. The van der Waals surface area contributed by atoms with Gasteiger partial charge in [0, 0.05) is 23.8 Å². The van der Waals surface area contributed by atoms with E-state index in [1.165, 1.54) is 20.8 Å². The summed E-state index contributed by atoms with van der Waals surface area (Å²) < 4.78 is 35.0. The zero-order chi connectivity index (χ0) is 22.4. The number of rotatable bonds is 4. The molecule has 3 aromatic rings. The first-order chi connectivity index (χ1) is 14.5. The van der Waals surface area contributed by atoms with Crippen LogP contribution in [0.2, 0.25) is 5.15 Å². The molecule has 1 aliphatic heterocycles. The van der Waals surface area contributed by atoms with Gasteiger partial charge in [0.1, 0.15) is 5.60 Å². The molecule has 0 spiro atoms. The van der Waals surface area contributed by atoms with Crippen molar-refractivity contribution >= 4 is 49.8 Å². The molecular formula is C19H21ClN4O5S2. The monoisotopic (exact) mass is 484 g/mol. The fraction of sp³-hybridized carbons (Fsp3) is 0.368. The zero-order valence-corrected chi connectivity index (χ0v) is 19.5. The first-order valence-corrected chi connectivity index (χ1v) is 12.2. The van der Waals surface area contributed by atoms with Crippen molar-refractivity contribution in [3.63, 3.8) is 0 Å². The van der Waals surface area contributed by atoms with E-state index in [-0.39, 0.29) is 10.2 Å². The SMILES string of the molecule is CC(C)(C)OC(=O)ON1CCc2cc(NS(=O)(=O)c3c(Cl)nc4sccn34)ccc2C1. The van der Waals surface area contributed by atoms with Crippen LogP contribution in [-0.2, 0) is 32.6 Å². The highest BCUT2D eigenvalue weighted by atomic mass is 35.5. The summed E-state index contributed by atoms with van der Waals surface area (Å²) in [7, 11) is -3.94. The lowest BCUT2D eigenvalue weighted by Crippen LogP contribution is -2.35. The predicted octanol–water partition coefficient (Wildman–Crippen LogP) is 4.07. The van der Waals surface area contributed by atoms with Crippen molar-refractivity contribution in [2.75, 3.05) is 11.3 Å². The number of ether oxygens (including phenoxy) is 1. The Balaban J connectivity index is 1.48. The Kier molecular flexibility index (Phi) is 5.63. The van der Waals surface area contributed by atoms with E-state index in [2.05, 4.69) is 9.71 Å². The van der Waals surface area contributed by atoms with Crippen LogP contribution in [0.15, 0.2) is 34.8 Å². The number of carbonyl (C=O) groups is 1. The number of imidazole rings is 1. The van der Waals surface area contributed by atoms with Gasteiger partial charge >= 0.3 is 6.16 Å². The lowest BCUT2D eigenvalue weighted by Gasteiger charge is -2.28. The molecule has 9 nitrogen and oxygen atoms in total. The van der Waals surface area contributed by atoms with Crippen LogP contribution < -0.4 is 4.72 Å². The van der Waals surface area contributed by atoms with Crippen LogP contribution in [0.5, 0.6) is 0 Å². The average Bonchev–Trinajstić information content (AvgIpc) is 3.19. The fourth-order valence-corrected chi connectivity index (χ4v) is 5.73. The number of hydrogen-bond acceptors (Lipinski definition) is 8. The summed E-state index contributed by atoms with van der Waals surface area (Å²) in [5.41, 5.74) is 1.68. The van der Waals surface area contributed by atoms with Gasteiger partial charge in [-0.1, -0.05) is 17.7 Å². The van der Waals surface area contributed by atoms with Gasteiger partial charge in [-0.15, -0.1) is 16.4 Å². The molecule has 0 atom stereocenters. The first-order valence-electron chi connectivity index (χ1n) is 9.43. The number of nitrogens with zero attached hydrogens (tertiary/aromatic N) is 3. The van der Waals surface area contributed by atoms with Gasteiger partial charge in [-0.05, 0) is 50.5 Å². The highest BCUT2D eigenvalue weighted by Gasteiger charge is 2.27. The van der Waals surface area contributed by atoms with Crippen molar-refractivity contribution in [3.8, 4) is 0 Å². The maximum absolute atomic E-state index is 12.9. The summed E-state index contributed by atoms with van der Waals surface area (Å²) in [5.74, 6) is 0. The van der Waals surface area contributed by atoms with E-state index in [1.807, 2.05) is 0 Å². The van der Waals surface area contributed by atoms with Crippen LogP contribution in [-0.4, -0.2) is 41.2 Å². The van der Waals surface area contributed by atoms with Crippen LogP contribution in [0.1, 0.15) is 31.9 Å². The Morgan fingerprint density at radius 1 is 1.29 bits per heavy atom. The molecular weight excluding hydrogens is 464 g/mol. The van der Waals surface area contributed by atoms with Crippen molar-refractivity contribution in [1.29, 1.82) is 0 Å². The quantitative estimate of drug-likeness (QED) is 0.556. The third kappa shape index (κ3) is 4.79. The molecule has 1 aliphatic rings. The Bertz CT molecular complexity index is 1250. The molecule has 0 saturated heterocycles. The maximum atomic E-state index is 12.9. The van der Waals surface area contributed by atoms with E-state index in [0.29, 0.717) is 30.2 Å². The van der Waals surface area contributed by atoms with Crippen molar-refractivity contribution in [2.45, 2.75) is 44.4 Å². The van der Waals surface area contributed by atoms with Gasteiger partial charge in [-0.3, -0.25) is 9.12 Å². The van der Waals surface area contributed by atoms with Crippen LogP contribution in [0.4, 0.5) is 10.5 Å². The summed E-state index contributed by atoms with van der Waals surface area (Å²) in [6.45, 7) is 6.15. The van der Waals surface area contributed by atoms with E-state index >= 15 is 0 Å². The molecule has 0 fully saturated rings. The second-order valence-electron chi connectivity index (χ2n) is 8.02. The summed E-state index contributed by atoms with van der Waals surface area (Å²) in [4.78, 5) is 21.7. The summed E-state index contributed by atoms with van der Waals surface area (Å²) in [5, 5.41) is 3.09. The van der Waals surface area contributed by atoms with Crippen LogP contribution >= 0.6 is 22.9 Å². The smallest absolute Gasteiger partial charge is 0.427 e. The van der Waals surface area contributed by atoms with Gasteiger partial charge in [0.15, 0.2) is 15.1 Å². The number of anilines is 1. The Morgan fingerprint density at radius 3 is 2.81 bits per heavy atom. The molecule has 2 aromatic heterocycles. The molecule has 0 aliphatic carbocycles. The lowest BCUT2D eigenvalue weighted by molar-refractivity contribution is -0.151. The van der Waals surface area contributed by atoms with Gasteiger partial charge < -0.3 is 9.57 Å². The second-order valence-corrected chi connectivity index (χ2v) is 10.9. The number of aromatic nitrogens is 2. The topological polar surface area (TPSA) is 102 Å². The standard InChI is InChI=1S/C19H21ClN4O5S2/c1-19(2,3)28-18(25)29-23-7-6-12-10-14(5-4-13(12)11-23)22-31(26,27)16-15(20)21-17-24(16)8-9-30-17/h4-5,8-10,22H,6-7,11H2,1-3H3. The molecule has 12 heteroatoms. The maximum Gasteiger partial charge on any atom is 0.528 e. The lowest BCUT2D eigenvalue weighted by atomic mass is 10.0. The number of hydroxylamine groups is 2. The number of fused-ring (bicyclic) bond motifs is 2. The number of sulfonamides is 1.